The molecule has 0 aromatic heterocycles. The minimum Gasteiger partial charge on any atom is -0.497 e. The fraction of sp³-hybridized carbons (Fsp3) is 0.462. The Hall–Kier alpha value is -1.71. The third kappa shape index (κ3) is 3.98. The lowest BCUT2D eigenvalue weighted by molar-refractivity contribution is 0.0323. The normalized spacial score (nSPS) is 11.9. The maximum Gasteiger partial charge on any atom is 0.338 e. The quantitative estimate of drug-likeness (QED) is 0.631. The van der Waals surface area contributed by atoms with Crippen molar-refractivity contribution in [1.82, 2.24) is 0 Å². The van der Waals surface area contributed by atoms with Crippen molar-refractivity contribution in [3.8, 4) is 5.75 Å². The van der Waals surface area contributed by atoms with Crippen molar-refractivity contribution < 1.29 is 14.3 Å². The SMILES string of the molecule is CCCC(C)OC(=O)c1cc(N)cc(OC)c1. The number of nitrogen functional groups attached to an aromatic ring is 1. The van der Waals surface area contributed by atoms with Gasteiger partial charge in [0.1, 0.15) is 5.75 Å². The van der Waals surface area contributed by atoms with E-state index in [-0.39, 0.29) is 12.1 Å². The van der Waals surface area contributed by atoms with Crippen LogP contribution >= 0.6 is 0 Å². The lowest BCUT2D eigenvalue weighted by Gasteiger charge is -2.13. The van der Waals surface area contributed by atoms with Crippen molar-refractivity contribution >= 4 is 11.7 Å². The summed E-state index contributed by atoms with van der Waals surface area (Å²) in [5, 5.41) is 0. The number of hydrogen-bond acceptors (Lipinski definition) is 4. The van der Waals surface area contributed by atoms with E-state index in [4.69, 9.17) is 15.2 Å². The molecule has 1 rings (SSSR count). The highest BCUT2D eigenvalue weighted by Gasteiger charge is 2.13. The van der Waals surface area contributed by atoms with Gasteiger partial charge < -0.3 is 15.2 Å². The zero-order valence-corrected chi connectivity index (χ0v) is 10.5. The minimum atomic E-state index is -0.364. The number of esters is 1. The number of nitrogens with two attached hydrogens (primary N) is 1. The first-order valence-electron chi connectivity index (χ1n) is 5.72. The molecule has 0 radical (unpaired) electrons. The molecule has 0 amide bonds. The summed E-state index contributed by atoms with van der Waals surface area (Å²) in [6.07, 6.45) is 1.75. The molecule has 0 fully saturated rings. The molecule has 2 N–H and O–H groups in total. The van der Waals surface area contributed by atoms with Gasteiger partial charge in [-0.1, -0.05) is 13.3 Å². The zero-order valence-electron chi connectivity index (χ0n) is 10.5. The molecule has 1 unspecified atom stereocenters. The van der Waals surface area contributed by atoms with Crippen LogP contribution in [-0.2, 0) is 4.74 Å². The maximum absolute atomic E-state index is 11.8. The first-order chi connectivity index (χ1) is 8.06. The Labute approximate surface area is 102 Å². The Morgan fingerprint density at radius 3 is 2.71 bits per heavy atom. The average Bonchev–Trinajstić information content (AvgIpc) is 2.28. The highest BCUT2D eigenvalue weighted by Crippen LogP contribution is 2.19. The summed E-state index contributed by atoms with van der Waals surface area (Å²) in [7, 11) is 1.53. The van der Waals surface area contributed by atoms with Gasteiger partial charge in [-0.15, -0.1) is 0 Å². The Bertz CT molecular complexity index is 390. The van der Waals surface area contributed by atoms with Crippen molar-refractivity contribution in [2.75, 3.05) is 12.8 Å². The fourth-order valence-corrected chi connectivity index (χ4v) is 1.57. The predicted molar refractivity (Wildman–Crippen MR) is 67.2 cm³/mol. The van der Waals surface area contributed by atoms with Crippen LogP contribution < -0.4 is 10.5 Å². The van der Waals surface area contributed by atoms with E-state index < -0.39 is 0 Å². The largest absolute Gasteiger partial charge is 0.497 e. The van der Waals surface area contributed by atoms with Gasteiger partial charge in [0, 0.05) is 11.8 Å². The number of carbonyl (C=O) groups is 1. The van der Waals surface area contributed by atoms with Gasteiger partial charge in [-0.3, -0.25) is 0 Å². The van der Waals surface area contributed by atoms with E-state index in [1.807, 2.05) is 13.8 Å². The van der Waals surface area contributed by atoms with Crippen molar-refractivity contribution in [3.05, 3.63) is 23.8 Å². The van der Waals surface area contributed by atoms with Crippen molar-refractivity contribution in [1.29, 1.82) is 0 Å². The van der Waals surface area contributed by atoms with Crippen LogP contribution in [0, 0.1) is 0 Å². The summed E-state index contributed by atoms with van der Waals surface area (Å²) in [4.78, 5) is 11.8. The molecule has 1 aromatic rings. The first kappa shape index (κ1) is 13.4. The number of benzene rings is 1. The molecule has 0 aliphatic carbocycles. The van der Waals surface area contributed by atoms with Crippen LogP contribution in [0.15, 0.2) is 18.2 Å². The maximum atomic E-state index is 11.8. The van der Waals surface area contributed by atoms with Crippen LogP contribution in [-0.4, -0.2) is 19.2 Å². The summed E-state index contributed by atoms with van der Waals surface area (Å²) in [6, 6.07) is 4.87. The van der Waals surface area contributed by atoms with Crippen molar-refractivity contribution in [2.45, 2.75) is 32.8 Å². The van der Waals surface area contributed by atoms with E-state index in [0.29, 0.717) is 17.0 Å². The summed E-state index contributed by atoms with van der Waals surface area (Å²) in [6.45, 7) is 3.93. The second kappa shape index (κ2) is 6.13. The van der Waals surface area contributed by atoms with E-state index in [2.05, 4.69) is 0 Å². The average molecular weight is 237 g/mol. The minimum absolute atomic E-state index is 0.0834. The molecular formula is C13H19NO3. The monoisotopic (exact) mass is 237 g/mol. The second-order valence-corrected chi connectivity index (χ2v) is 4.00. The lowest BCUT2D eigenvalue weighted by atomic mass is 10.2. The summed E-state index contributed by atoms with van der Waals surface area (Å²) >= 11 is 0. The molecule has 0 saturated heterocycles. The number of carbonyl (C=O) groups excluding carboxylic acids is 1. The van der Waals surface area contributed by atoms with Crippen LogP contribution in [0.4, 0.5) is 5.69 Å². The topological polar surface area (TPSA) is 61.5 Å². The fourth-order valence-electron chi connectivity index (χ4n) is 1.57. The van der Waals surface area contributed by atoms with E-state index in [0.717, 1.165) is 12.8 Å². The van der Waals surface area contributed by atoms with Gasteiger partial charge in [-0.25, -0.2) is 4.79 Å². The Balaban J connectivity index is 2.78. The van der Waals surface area contributed by atoms with E-state index >= 15 is 0 Å². The first-order valence-corrected chi connectivity index (χ1v) is 5.72. The zero-order chi connectivity index (χ0) is 12.8. The molecule has 0 heterocycles. The number of hydrogen-bond donors (Lipinski definition) is 1. The lowest BCUT2D eigenvalue weighted by Crippen LogP contribution is -2.15. The Morgan fingerprint density at radius 2 is 2.12 bits per heavy atom. The molecule has 0 bridgehead atoms. The molecule has 0 spiro atoms. The molecule has 0 aliphatic rings. The highest BCUT2D eigenvalue weighted by molar-refractivity contribution is 5.91. The summed E-state index contributed by atoms with van der Waals surface area (Å²) in [5.74, 6) is 0.191. The molecule has 0 aliphatic heterocycles. The molecular weight excluding hydrogens is 218 g/mol. The molecule has 1 atom stereocenters. The third-order valence-corrected chi connectivity index (χ3v) is 2.40. The third-order valence-electron chi connectivity index (χ3n) is 2.40. The van der Waals surface area contributed by atoms with Gasteiger partial charge in [0.2, 0.25) is 0 Å². The molecule has 17 heavy (non-hydrogen) atoms. The Morgan fingerprint density at radius 1 is 1.41 bits per heavy atom. The summed E-state index contributed by atoms with van der Waals surface area (Å²) in [5.41, 5.74) is 6.58. The van der Waals surface area contributed by atoms with E-state index in [9.17, 15) is 4.79 Å². The van der Waals surface area contributed by atoms with Crippen LogP contribution in [0.5, 0.6) is 5.75 Å². The van der Waals surface area contributed by atoms with Gasteiger partial charge in [-0.2, -0.15) is 0 Å². The number of methoxy groups -OCH3 is 1. The van der Waals surface area contributed by atoms with Crippen molar-refractivity contribution in [3.63, 3.8) is 0 Å². The summed E-state index contributed by atoms with van der Waals surface area (Å²) < 4.78 is 10.3. The molecule has 4 heteroatoms. The van der Waals surface area contributed by atoms with Gasteiger partial charge in [-0.05, 0) is 25.5 Å². The number of ether oxygens (including phenoxy) is 2. The van der Waals surface area contributed by atoms with E-state index in [1.54, 1.807) is 18.2 Å². The van der Waals surface area contributed by atoms with Crippen LogP contribution in [0.1, 0.15) is 37.0 Å². The molecule has 1 aromatic carbocycles. The molecule has 0 saturated carbocycles. The number of rotatable bonds is 5. The Kier molecular flexibility index (Phi) is 4.82. The van der Waals surface area contributed by atoms with Crippen LogP contribution in [0.3, 0.4) is 0 Å². The standard InChI is InChI=1S/C13H19NO3/c1-4-5-9(2)17-13(15)10-6-11(14)8-12(7-10)16-3/h6-9H,4-5,14H2,1-3H3. The van der Waals surface area contributed by atoms with Gasteiger partial charge in [0.05, 0.1) is 18.8 Å². The highest BCUT2D eigenvalue weighted by atomic mass is 16.5. The van der Waals surface area contributed by atoms with Gasteiger partial charge >= 0.3 is 5.97 Å². The van der Waals surface area contributed by atoms with Crippen molar-refractivity contribution in [2.24, 2.45) is 0 Å². The molecule has 94 valence electrons. The van der Waals surface area contributed by atoms with Crippen LogP contribution in [0.25, 0.3) is 0 Å². The predicted octanol–water partition coefficient (Wildman–Crippen LogP) is 2.62. The van der Waals surface area contributed by atoms with Gasteiger partial charge in [0.25, 0.3) is 0 Å². The smallest absolute Gasteiger partial charge is 0.338 e. The van der Waals surface area contributed by atoms with Crippen LogP contribution in [0.2, 0.25) is 0 Å². The van der Waals surface area contributed by atoms with Gasteiger partial charge in [0.15, 0.2) is 0 Å². The molecule has 4 nitrogen and oxygen atoms in total. The second-order valence-electron chi connectivity index (χ2n) is 4.00. The van der Waals surface area contributed by atoms with E-state index in [1.165, 1.54) is 7.11 Å². The number of anilines is 1.